The number of hydrogen-bond donors (Lipinski definition) is 1. The zero-order chi connectivity index (χ0) is 15.2. The average molecular weight is 293 g/mol. The van der Waals surface area contributed by atoms with E-state index in [9.17, 15) is 14.9 Å². The molecule has 8 heteroatoms. The number of anilines is 1. The van der Waals surface area contributed by atoms with Crippen molar-refractivity contribution < 1.29 is 9.72 Å². The largest absolute Gasteiger partial charge is 0.362 e. The van der Waals surface area contributed by atoms with Gasteiger partial charge in [0.15, 0.2) is 0 Å². The van der Waals surface area contributed by atoms with Crippen molar-refractivity contribution in [1.29, 1.82) is 0 Å². The van der Waals surface area contributed by atoms with Gasteiger partial charge < -0.3 is 15.1 Å². The van der Waals surface area contributed by atoms with E-state index in [1.165, 1.54) is 6.20 Å². The lowest BCUT2D eigenvalue weighted by Crippen LogP contribution is -2.49. The molecule has 0 aromatic carbocycles. The third-order valence-corrected chi connectivity index (χ3v) is 3.54. The van der Waals surface area contributed by atoms with Gasteiger partial charge in [-0.05, 0) is 13.1 Å². The molecule has 21 heavy (non-hydrogen) atoms. The van der Waals surface area contributed by atoms with Crippen LogP contribution >= 0.6 is 0 Å². The van der Waals surface area contributed by atoms with Crippen LogP contribution in [0.5, 0.6) is 0 Å². The van der Waals surface area contributed by atoms with E-state index in [1.807, 2.05) is 11.9 Å². The van der Waals surface area contributed by atoms with Gasteiger partial charge in [-0.2, -0.15) is 0 Å². The zero-order valence-corrected chi connectivity index (χ0v) is 12.0. The van der Waals surface area contributed by atoms with Crippen LogP contribution < -0.4 is 10.2 Å². The summed E-state index contributed by atoms with van der Waals surface area (Å²) >= 11 is 0. The van der Waals surface area contributed by atoms with E-state index in [4.69, 9.17) is 0 Å². The second-order valence-electron chi connectivity index (χ2n) is 4.84. The Balaban J connectivity index is 1.98. The maximum absolute atomic E-state index is 11.9. The lowest BCUT2D eigenvalue weighted by atomic mass is 10.2. The zero-order valence-electron chi connectivity index (χ0n) is 12.0. The summed E-state index contributed by atoms with van der Waals surface area (Å²) in [6.07, 6.45) is 3.29. The number of piperazine rings is 1. The van der Waals surface area contributed by atoms with Crippen molar-refractivity contribution in [3.8, 4) is 0 Å². The maximum atomic E-state index is 11.9. The molecule has 1 N–H and O–H groups in total. The predicted octanol–water partition coefficient (Wildman–Crippen LogP) is 0.248. The summed E-state index contributed by atoms with van der Waals surface area (Å²) in [5.74, 6) is 0.119. The quantitative estimate of drug-likeness (QED) is 0.618. The Labute approximate surface area is 122 Å². The molecule has 0 spiro atoms. The molecule has 0 bridgehead atoms. The van der Waals surface area contributed by atoms with E-state index in [-0.39, 0.29) is 11.6 Å². The lowest BCUT2D eigenvalue weighted by Gasteiger charge is -2.35. The molecule has 1 aliphatic heterocycles. The minimum Gasteiger partial charge on any atom is -0.362 e. The fraction of sp³-hybridized carbons (Fsp3) is 0.538. The number of carbonyl (C=O) groups excluding carboxylic acids is 1. The molecule has 1 aromatic heterocycles. The number of pyridine rings is 1. The molecule has 0 unspecified atom stereocenters. The molecule has 8 nitrogen and oxygen atoms in total. The smallest absolute Gasteiger partial charge is 0.310 e. The standard InChI is InChI=1S/C13H19N5O3/c1-14-4-3-13(19)17-8-6-16(7-9-17)11-2-5-15-10-12(11)18(20)21/h2,5,10,14H,3-4,6-9H2,1H3. The van der Waals surface area contributed by atoms with Crippen LogP contribution in [0.1, 0.15) is 6.42 Å². The van der Waals surface area contributed by atoms with Gasteiger partial charge in [-0.15, -0.1) is 0 Å². The summed E-state index contributed by atoms with van der Waals surface area (Å²) in [6, 6.07) is 1.65. The summed E-state index contributed by atoms with van der Waals surface area (Å²) in [5.41, 5.74) is 0.574. The highest BCUT2D eigenvalue weighted by Gasteiger charge is 2.25. The van der Waals surface area contributed by atoms with E-state index >= 15 is 0 Å². The van der Waals surface area contributed by atoms with Crippen LogP contribution in [-0.2, 0) is 4.79 Å². The summed E-state index contributed by atoms with van der Waals surface area (Å²) in [4.78, 5) is 30.1. The molecule has 0 radical (unpaired) electrons. The van der Waals surface area contributed by atoms with Crippen LogP contribution in [0.15, 0.2) is 18.5 Å². The van der Waals surface area contributed by atoms with Gasteiger partial charge in [-0.3, -0.25) is 19.9 Å². The van der Waals surface area contributed by atoms with Crippen LogP contribution in [0.25, 0.3) is 0 Å². The first-order valence-corrected chi connectivity index (χ1v) is 6.89. The van der Waals surface area contributed by atoms with E-state index in [0.29, 0.717) is 44.8 Å². The van der Waals surface area contributed by atoms with Gasteiger partial charge in [0.1, 0.15) is 11.9 Å². The number of rotatable bonds is 5. The highest BCUT2D eigenvalue weighted by molar-refractivity contribution is 5.77. The average Bonchev–Trinajstić information content (AvgIpc) is 2.52. The molecule has 1 fully saturated rings. The second kappa shape index (κ2) is 6.98. The van der Waals surface area contributed by atoms with Crippen LogP contribution in [0.3, 0.4) is 0 Å². The highest BCUT2D eigenvalue weighted by atomic mass is 16.6. The maximum Gasteiger partial charge on any atom is 0.310 e. The van der Waals surface area contributed by atoms with Crippen molar-refractivity contribution >= 4 is 17.3 Å². The number of amides is 1. The SMILES string of the molecule is CNCCC(=O)N1CCN(c2ccncc2[N+](=O)[O-])CC1. The second-order valence-corrected chi connectivity index (χ2v) is 4.84. The molecule has 0 saturated carbocycles. The minimum atomic E-state index is -0.424. The molecule has 0 atom stereocenters. The topological polar surface area (TPSA) is 91.6 Å². The van der Waals surface area contributed by atoms with Crippen molar-refractivity contribution in [2.75, 3.05) is 44.7 Å². The molecule has 114 valence electrons. The van der Waals surface area contributed by atoms with Gasteiger partial charge in [-0.25, -0.2) is 0 Å². The van der Waals surface area contributed by atoms with Gasteiger partial charge in [0.2, 0.25) is 5.91 Å². The Bertz CT molecular complexity index is 514. The predicted molar refractivity (Wildman–Crippen MR) is 78.2 cm³/mol. The summed E-state index contributed by atoms with van der Waals surface area (Å²) in [5, 5.41) is 14.0. The lowest BCUT2D eigenvalue weighted by molar-refractivity contribution is -0.384. The van der Waals surface area contributed by atoms with Crippen LogP contribution in [-0.4, -0.2) is 60.5 Å². The molecular weight excluding hydrogens is 274 g/mol. The van der Waals surface area contributed by atoms with Crippen molar-refractivity contribution in [2.45, 2.75) is 6.42 Å². The Hall–Kier alpha value is -2.22. The fourth-order valence-corrected chi connectivity index (χ4v) is 2.37. The molecule has 1 aromatic rings. The van der Waals surface area contributed by atoms with E-state index < -0.39 is 4.92 Å². The van der Waals surface area contributed by atoms with Crippen molar-refractivity contribution in [1.82, 2.24) is 15.2 Å². The number of nitrogens with zero attached hydrogens (tertiary/aromatic N) is 4. The molecule has 1 amide bonds. The summed E-state index contributed by atoms with van der Waals surface area (Å²) < 4.78 is 0. The van der Waals surface area contributed by atoms with E-state index in [0.717, 1.165) is 0 Å². The number of hydrogen-bond acceptors (Lipinski definition) is 6. The Morgan fingerprint density at radius 1 is 1.43 bits per heavy atom. The van der Waals surface area contributed by atoms with E-state index in [2.05, 4.69) is 10.3 Å². The third kappa shape index (κ3) is 3.66. The Morgan fingerprint density at radius 3 is 2.76 bits per heavy atom. The van der Waals surface area contributed by atoms with Gasteiger partial charge in [0.25, 0.3) is 0 Å². The molecule has 2 heterocycles. The van der Waals surface area contributed by atoms with Crippen LogP contribution in [0.2, 0.25) is 0 Å². The van der Waals surface area contributed by atoms with Crippen LogP contribution in [0, 0.1) is 10.1 Å². The van der Waals surface area contributed by atoms with Crippen molar-refractivity contribution in [3.63, 3.8) is 0 Å². The summed E-state index contributed by atoms with van der Waals surface area (Å²) in [7, 11) is 1.81. The normalized spacial score (nSPS) is 15.1. The number of nitro groups is 1. The number of aromatic nitrogens is 1. The van der Waals surface area contributed by atoms with Gasteiger partial charge in [-0.1, -0.05) is 0 Å². The Kier molecular flexibility index (Phi) is 5.04. The first-order valence-electron chi connectivity index (χ1n) is 6.89. The van der Waals surface area contributed by atoms with Crippen LogP contribution in [0.4, 0.5) is 11.4 Å². The van der Waals surface area contributed by atoms with Gasteiger partial charge >= 0.3 is 5.69 Å². The van der Waals surface area contributed by atoms with Crippen molar-refractivity contribution in [3.05, 3.63) is 28.6 Å². The number of nitrogens with one attached hydrogen (secondary N) is 1. The molecule has 1 aliphatic rings. The van der Waals surface area contributed by atoms with Gasteiger partial charge in [0, 0.05) is 45.3 Å². The molecule has 0 aliphatic carbocycles. The highest BCUT2D eigenvalue weighted by Crippen LogP contribution is 2.27. The van der Waals surface area contributed by atoms with Gasteiger partial charge in [0.05, 0.1) is 4.92 Å². The fourth-order valence-electron chi connectivity index (χ4n) is 2.37. The minimum absolute atomic E-state index is 0.00691. The van der Waals surface area contributed by atoms with Crippen molar-refractivity contribution in [2.24, 2.45) is 0 Å². The van der Waals surface area contributed by atoms with E-state index in [1.54, 1.807) is 17.2 Å². The first-order chi connectivity index (χ1) is 10.1. The third-order valence-electron chi connectivity index (χ3n) is 3.54. The summed E-state index contributed by atoms with van der Waals surface area (Å²) in [6.45, 7) is 3.02. The number of carbonyl (C=O) groups is 1. The monoisotopic (exact) mass is 293 g/mol. The molecule has 2 rings (SSSR count). The molecule has 1 saturated heterocycles. The first kappa shape index (κ1) is 15.2. The molecular formula is C13H19N5O3. The Morgan fingerprint density at radius 2 is 2.14 bits per heavy atom.